The van der Waals surface area contributed by atoms with Crippen molar-refractivity contribution in [3.8, 4) is 11.4 Å². The molecule has 31 heavy (non-hydrogen) atoms. The zero-order valence-electron chi connectivity index (χ0n) is 17.8. The second-order valence-corrected chi connectivity index (χ2v) is 9.20. The summed E-state index contributed by atoms with van der Waals surface area (Å²) in [6, 6.07) is 16.7. The molecular formula is C25H27Cl2N3O. The number of allylic oxidation sites excluding steroid dienone is 1. The van der Waals surface area contributed by atoms with Gasteiger partial charge in [-0.2, -0.15) is 4.98 Å². The minimum Gasteiger partial charge on any atom is -0.334 e. The molecule has 0 aliphatic heterocycles. The van der Waals surface area contributed by atoms with Gasteiger partial charge in [-0.05, 0) is 75.4 Å². The fourth-order valence-corrected chi connectivity index (χ4v) is 4.99. The van der Waals surface area contributed by atoms with Gasteiger partial charge in [-0.15, -0.1) is 0 Å². The van der Waals surface area contributed by atoms with E-state index in [9.17, 15) is 0 Å². The summed E-state index contributed by atoms with van der Waals surface area (Å²) in [6.45, 7) is 0. The van der Waals surface area contributed by atoms with Gasteiger partial charge in [-0.25, -0.2) is 0 Å². The summed E-state index contributed by atoms with van der Waals surface area (Å²) in [6.07, 6.45) is 8.89. The number of hydrogen-bond acceptors (Lipinski definition) is 4. The van der Waals surface area contributed by atoms with E-state index in [1.165, 1.54) is 31.2 Å². The summed E-state index contributed by atoms with van der Waals surface area (Å²) < 4.78 is 5.40. The Morgan fingerprint density at radius 3 is 2.45 bits per heavy atom. The zero-order chi connectivity index (χ0) is 21.8. The van der Waals surface area contributed by atoms with Crippen molar-refractivity contribution in [2.24, 2.45) is 11.8 Å². The van der Waals surface area contributed by atoms with Crippen molar-refractivity contribution in [2.75, 3.05) is 14.1 Å². The van der Waals surface area contributed by atoms with Crippen LogP contribution in [0.4, 0.5) is 0 Å². The molecule has 0 N–H and O–H groups in total. The Hall–Kier alpha value is -2.14. The highest BCUT2D eigenvalue weighted by molar-refractivity contribution is 6.43. The Labute approximate surface area is 193 Å². The van der Waals surface area contributed by atoms with Gasteiger partial charge < -0.3 is 9.42 Å². The van der Waals surface area contributed by atoms with Crippen LogP contribution in [0.5, 0.6) is 0 Å². The molecule has 1 unspecified atom stereocenters. The van der Waals surface area contributed by atoms with E-state index in [4.69, 9.17) is 27.7 Å². The van der Waals surface area contributed by atoms with Gasteiger partial charge in [-0.1, -0.05) is 70.8 Å². The highest BCUT2D eigenvalue weighted by Gasteiger charge is 2.29. The van der Waals surface area contributed by atoms with Crippen LogP contribution in [-0.4, -0.2) is 29.1 Å². The first kappa shape index (κ1) is 22.1. The Morgan fingerprint density at radius 2 is 1.74 bits per heavy atom. The Bertz CT molecular complexity index is 1020. The summed E-state index contributed by atoms with van der Waals surface area (Å²) in [5, 5.41) is 4.97. The highest BCUT2D eigenvalue weighted by atomic mass is 35.5. The summed E-state index contributed by atoms with van der Waals surface area (Å²) in [4.78, 5) is 6.82. The Kier molecular flexibility index (Phi) is 7.11. The summed E-state index contributed by atoms with van der Waals surface area (Å²) >= 11 is 12.4. The molecule has 1 fully saturated rings. The van der Waals surface area contributed by atoms with E-state index in [0.29, 0.717) is 45.2 Å². The maximum absolute atomic E-state index is 6.27. The average Bonchev–Trinajstić information content (AvgIpc) is 3.24. The van der Waals surface area contributed by atoms with E-state index in [2.05, 4.69) is 65.5 Å². The molecule has 4 nitrogen and oxygen atoms in total. The number of halogens is 2. The topological polar surface area (TPSA) is 42.2 Å². The van der Waals surface area contributed by atoms with Gasteiger partial charge in [0.05, 0.1) is 10.0 Å². The Morgan fingerprint density at radius 1 is 1.00 bits per heavy atom. The number of benzene rings is 2. The van der Waals surface area contributed by atoms with Crippen LogP contribution in [0.3, 0.4) is 0 Å². The first-order valence-electron chi connectivity index (χ1n) is 10.7. The van der Waals surface area contributed by atoms with Crippen molar-refractivity contribution in [3.05, 3.63) is 76.1 Å². The van der Waals surface area contributed by atoms with E-state index in [-0.39, 0.29) is 0 Å². The quantitative estimate of drug-likeness (QED) is 0.395. The number of nitrogens with zero attached hydrogens (tertiary/aromatic N) is 3. The molecule has 1 atom stereocenters. The molecule has 1 heterocycles. The standard InChI is InChI=1S/C25H27Cl2N3O/c1-30(2)24(18-7-4-3-5-8-18)19-14-11-17(12-15-19)13-16-22-28-25(29-31-22)20-9-6-10-21(26)23(20)27/h3-10,13,16-17,19,24H,11-12,14-15H2,1-2H3/b16-13+. The molecule has 1 aromatic heterocycles. The number of aromatic nitrogens is 2. The van der Waals surface area contributed by atoms with Crippen LogP contribution in [0.2, 0.25) is 10.0 Å². The molecule has 1 aliphatic carbocycles. The monoisotopic (exact) mass is 455 g/mol. The van der Waals surface area contributed by atoms with Crippen LogP contribution < -0.4 is 0 Å². The van der Waals surface area contributed by atoms with Crippen LogP contribution in [-0.2, 0) is 0 Å². The van der Waals surface area contributed by atoms with Crippen LogP contribution in [0.25, 0.3) is 17.5 Å². The van der Waals surface area contributed by atoms with Gasteiger partial charge >= 0.3 is 0 Å². The van der Waals surface area contributed by atoms with Crippen LogP contribution in [0.1, 0.15) is 43.2 Å². The molecule has 6 heteroatoms. The summed E-state index contributed by atoms with van der Waals surface area (Å²) in [7, 11) is 4.37. The molecular weight excluding hydrogens is 429 g/mol. The maximum Gasteiger partial charge on any atom is 0.250 e. The van der Waals surface area contributed by atoms with Gasteiger partial charge in [0.25, 0.3) is 5.89 Å². The van der Waals surface area contributed by atoms with E-state index in [1.54, 1.807) is 6.07 Å². The van der Waals surface area contributed by atoms with Crippen molar-refractivity contribution in [3.63, 3.8) is 0 Å². The van der Waals surface area contributed by atoms with Crippen LogP contribution >= 0.6 is 23.2 Å². The van der Waals surface area contributed by atoms with E-state index < -0.39 is 0 Å². The summed E-state index contributed by atoms with van der Waals surface area (Å²) in [5.41, 5.74) is 2.08. The van der Waals surface area contributed by atoms with E-state index >= 15 is 0 Å². The smallest absolute Gasteiger partial charge is 0.250 e. The molecule has 0 radical (unpaired) electrons. The van der Waals surface area contributed by atoms with Crippen molar-refractivity contribution < 1.29 is 4.52 Å². The average molecular weight is 456 g/mol. The lowest BCUT2D eigenvalue weighted by molar-refractivity contribution is 0.159. The van der Waals surface area contributed by atoms with Gasteiger partial charge in [0.1, 0.15) is 0 Å². The zero-order valence-corrected chi connectivity index (χ0v) is 19.4. The van der Waals surface area contributed by atoms with Gasteiger partial charge in [0.15, 0.2) is 0 Å². The molecule has 3 aromatic rings. The molecule has 0 spiro atoms. The minimum atomic E-state index is 0.438. The van der Waals surface area contributed by atoms with Crippen molar-refractivity contribution >= 4 is 29.3 Å². The van der Waals surface area contributed by atoms with Crippen molar-refractivity contribution in [1.82, 2.24) is 15.0 Å². The largest absolute Gasteiger partial charge is 0.334 e. The third-order valence-corrected chi connectivity index (χ3v) is 6.92. The fourth-order valence-electron chi connectivity index (χ4n) is 4.60. The number of hydrogen-bond donors (Lipinski definition) is 0. The second kappa shape index (κ2) is 9.99. The summed E-state index contributed by atoms with van der Waals surface area (Å²) in [5.74, 6) is 2.14. The van der Waals surface area contributed by atoms with Gasteiger partial charge in [0, 0.05) is 11.6 Å². The first-order valence-corrected chi connectivity index (χ1v) is 11.5. The van der Waals surface area contributed by atoms with Gasteiger partial charge in [0.2, 0.25) is 5.82 Å². The minimum absolute atomic E-state index is 0.438. The van der Waals surface area contributed by atoms with Crippen LogP contribution in [0, 0.1) is 11.8 Å². The van der Waals surface area contributed by atoms with E-state index in [0.717, 1.165) is 0 Å². The van der Waals surface area contributed by atoms with Crippen molar-refractivity contribution in [2.45, 2.75) is 31.7 Å². The predicted molar refractivity (Wildman–Crippen MR) is 127 cm³/mol. The first-order chi connectivity index (χ1) is 15.0. The highest BCUT2D eigenvalue weighted by Crippen LogP contribution is 2.40. The molecule has 162 valence electrons. The molecule has 0 saturated heterocycles. The number of rotatable bonds is 6. The van der Waals surface area contributed by atoms with E-state index in [1.807, 2.05) is 18.2 Å². The SMILES string of the molecule is CN(C)C(c1ccccc1)C1CCC(/C=C/c2nc(-c3cccc(Cl)c3Cl)no2)CC1. The molecule has 0 bridgehead atoms. The lowest BCUT2D eigenvalue weighted by atomic mass is 9.76. The lowest BCUT2D eigenvalue weighted by Gasteiger charge is -2.37. The third kappa shape index (κ3) is 5.20. The van der Waals surface area contributed by atoms with Crippen LogP contribution in [0.15, 0.2) is 59.1 Å². The van der Waals surface area contributed by atoms with Crippen molar-refractivity contribution in [1.29, 1.82) is 0 Å². The normalized spacial score (nSPS) is 20.4. The molecule has 1 saturated carbocycles. The van der Waals surface area contributed by atoms with Gasteiger partial charge in [-0.3, -0.25) is 0 Å². The lowest BCUT2D eigenvalue weighted by Crippen LogP contribution is -2.30. The fraction of sp³-hybridized carbons (Fsp3) is 0.360. The second-order valence-electron chi connectivity index (χ2n) is 8.41. The predicted octanol–water partition coefficient (Wildman–Crippen LogP) is 7.17. The maximum atomic E-state index is 6.27. The molecule has 2 aromatic carbocycles. The molecule has 4 rings (SSSR count). The molecule has 0 amide bonds. The Balaban J connectivity index is 1.38. The third-order valence-electron chi connectivity index (χ3n) is 6.11. The molecule has 1 aliphatic rings.